The van der Waals surface area contributed by atoms with Crippen LogP contribution in [0.15, 0.2) is 0 Å². The summed E-state index contributed by atoms with van der Waals surface area (Å²) < 4.78 is 0. The first-order chi connectivity index (χ1) is 6.65. The van der Waals surface area contributed by atoms with Gasteiger partial charge in [0.05, 0.1) is 6.61 Å². The van der Waals surface area contributed by atoms with Crippen molar-refractivity contribution in [2.24, 2.45) is 5.73 Å². The molecular weight excluding hydrogens is 176 g/mol. The molecule has 3 nitrogen and oxygen atoms in total. The number of hydrogen-bond donors (Lipinski definition) is 2. The van der Waals surface area contributed by atoms with Gasteiger partial charge in [0.25, 0.3) is 0 Å². The van der Waals surface area contributed by atoms with E-state index in [1.807, 2.05) is 0 Å². The molecule has 0 aromatic heterocycles. The standard InChI is InChI=1S/C11H24N2O/c1-9(2)13(7-8-14)11-5-3-10(12)4-6-11/h9-11,14H,3-8,12H2,1-2H3. The van der Waals surface area contributed by atoms with Gasteiger partial charge in [-0.05, 0) is 39.5 Å². The van der Waals surface area contributed by atoms with Gasteiger partial charge in [0, 0.05) is 24.7 Å². The molecule has 0 saturated heterocycles. The van der Waals surface area contributed by atoms with E-state index in [-0.39, 0.29) is 6.61 Å². The van der Waals surface area contributed by atoms with Crippen molar-refractivity contribution in [2.45, 2.75) is 57.7 Å². The fourth-order valence-electron chi connectivity index (χ4n) is 2.41. The SMILES string of the molecule is CC(C)N(CCO)C1CCC(N)CC1. The lowest BCUT2D eigenvalue weighted by Gasteiger charge is -2.38. The molecule has 0 spiro atoms. The molecule has 14 heavy (non-hydrogen) atoms. The first-order valence-corrected chi connectivity index (χ1v) is 5.77. The fourth-order valence-corrected chi connectivity index (χ4v) is 2.41. The van der Waals surface area contributed by atoms with Gasteiger partial charge in [0.2, 0.25) is 0 Å². The Kier molecular flexibility index (Phi) is 4.85. The number of aliphatic hydroxyl groups excluding tert-OH is 1. The third kappa shape index (κ3) is 3.23. The molecule has 3 heteroatoms. The molecule has 1 saturated carbocycles. The summed E-state index contributed by atoms with van der Waals surface area (Å²) in [6, 6.07) is 1.58. The zero-order chi connectivity index (χ0) is 10.6. The summed E-state index contributed by atoms with van der Waals surface area (Å²) in [6.45, 7) is 5.46. The van der Waals surface area contributed by atoms with Crippen molar-refractivity contribution in [1.82, 2.24) is 4.90 Å². The summed E-state index contributed by atoms with van der Waals surface area (Å²) in [4.78, 5) is 2.41. The summed E-state index contributed by atoms with van der Waals surface area (Å²) in [6.07, 6.45) is 4.66. The van der Waals surface area contributed by atoms with Gasteiger partial charge >= 0.3 is 0 Å². The highest BCUT2D eigenvalue weighted by atomic mass is 16.3. The van der Waals surface area contributed by atoms with Crippen LogP contribution in [0.25, 0.3) is 0 Å². The van der Waals surface area contributed by atoms with Gasteiger partial charge in [0.15, 0.2) is 0 Å². The monoisotopic (exact) mass is 200 g/mol. The van der Waals surface area contributed by atoms with Crippen LogP contribution in [0.5, 0.6) is 0 Å². The van der Waals surface area contributed by atoms with Crippen molar-refractivity contribution in [1.29, 1.82) is 0 Å². The van der Waals surface area contributed by atoms with Crippen LogP contribution in [0.1, 0.15) is 39.5 Å². The highest BCUT2D eigenvalue weighted by molar-refractivity contribution is 4.82. The van der Waals surface area contributed by atoms with Gasteiger partial charge in [-0.3, -0.25) is 4.90 Å². The summed E-state index contributed by atoms with van der Waals surface area (Å²) >= 11 is 0. The summed E-state index contributed by atoms with van der Waals surface area (Å²) in [5.41, 5.74) is 5.88. The van der Waals surface area contributed by atoms with Crippen LogP contribution >= 0.6 is 0 Å². The molecule has 0 bridgehead atoms. The number of aliphatic hydroxyl groups is 1. The minimum absolute atomic E-state index is 0.265. The predicted molar refractivity (Wildman–Crippen MR) is 59.2 cm³/mol. The van der Waals surface area contributed by atoms with E-state index in [4.69, 9.17) is 10.8 Å². The van der Waals surface area contributed by atoms with E-state index in [9.17, 15) is 0 Å². The molecule has 0 aliphatic heterocycles. The van der Waals surface area contributed by atoms with Crippen LogP contribution in [0, 0.1) is 0 Å². The van der Waals surface area contributed by atoms with Crippen molar-refractivity contribution >= 4 is 0 Å². The Labute approximate surface area is 87.3 Å². The maximum atomic E-state index is 9.00. The van der Waals surface area contributed by atoms with Crippen molar-refractivity contribution in [3.8, 4) is 0 Å². The number of nitrogens with zero attached hydrogens (tertiary/aromatic N) is 1. The van der Waals surface area contributed by atoms with Crippen LogP contribution < -0.4 is 5.73 Å². The van der Waals surface area contributed by atoms with Crippen molar-refractivity contribution in [2.75, 3.05) is 13.2 Å². The maximum Gasteiger partial charge on any atom is 0.0558 e. The Bertz CT molecular complexity index is 153. The molecule has 0 aromatic carbocycles. The Morgan fingerprint density at radius 1 is 1.29 bits per heavy atom. The lowest BCUT2D eigenvalue weighted by molar-refractivity contribution is 0.0911. The van der Waals surface area contributed by atoms with Crippen molar-refractivity contribution in [3.63, 3.8) is 0 Å². The molecule has 0 radical (unpaired) electrons. The second-order valence-corrected chi connectivity index (χ2v) is 4.62. The van der Waals surface area contributed by atoms with E-state index in [0.29, 0.717) is 18.1 Å². The molecule has 1 aliphatic rings. The first kappa shape index (κ1) is 12.0. The molecule has 0 heterocycles. The van der Waals surface area contributed by atoms with Crippen LogP contribution in [0.2, 0.25) is 0 Å². The van der Waals surface area contributed by atoms with Gasteiger partial charge in [-0.2, -0.15) is 0 Å². The smallest absolute Gasteiger partial charge is 0.0558 e. The zero-order valence-corrected chi connectivity index (χ0v) is 9.45. The van der Waals surface area contributed by atoms with Crippen LogP contribution in [0.4, 0.5) is 0 Å². The lowest BCUT2D eigenvalue weighted by atomic mass is 9.90. The van der Waals surface area contributed by atoms with E-state index in [1.165, 1.54) is 12.8 Å². The Morgan fingerprint density at radius 3 is 2.29 bits per heavy atom. The molecule has 84 valence electrons. The highest BCUT2D eigenvalue weighted by Crippen LogP contribution is 2.23. The van der Waals surface area contributed by atoms with Crippen LogP contribution in [0.3, 0.4) is 0 Å². The van der Waals surface area contributed by atoms with Gasteiger partial charge in [-0.1, -0.05) is 0 Å². The van der Waals surface area contributed by atoms with Crippen molar-refractivity contribution in [3.05, 3.63) is 0 Å². The Hall–Kier alpha value is -0.120. The normalized spacial score (nSPS) is 28.7. The lowest BCUT2D eigenvalue weighted by Crippen LogP contribution is -2.45. The summed E-state index contributed by atoms with van der Waals surface area (Å²) in [5, 5.41) is 9.00. The molecule has 1 fully saturated rings. The maximum absolute atomic E-state index is 9.00. The number of rotatable bonds is 4. The highest BCUT2D eigenvalue weighted by Gasteiger charge is 2.25. The minimum Gasteiger partial charge on any atom is -0.395 e. The average molecular weight is 200 g/mol. The molecule has 1 rings (SSSR count). The molecule has 3 N–H and O–H groups in total. The van der Waals surface area contributed by atoms with Gasteiger partial charge in [-0.25, -0.2) is 0 Å². The number of nitrogens with two attached hydrogens (primary N) is 1. The van der Waals surface area contributed by atoms with Gasteiger partial charge < -0.3 is 10.8 Å². The predicted octanol–water partition coefficient (Wildman–Crippen LogP) is 0.959. The molecule has 0 atom stereocenters. The Balaban J connectivity index is 2.43. The second kappa shape index (κ2) is 5.69. The average Bonchev–Trinajstić information content (AvgIpc) is 2.15. The van der Waals surface area contributed by atoms with Gasteiger partial charge in [-0.15, -0.1) is 0 Å². The second-order valence-electron chi connectivity index (χ2n) is 4.62. The quantitative estimate of drug-likeness (QED) is 0.710. The van der Waals surface area contributed by atoms with E-state index >= 15 is 0 Å². The fraction of sp³-hybridized carbons (Fsp3) is 1.00. The van der Waals surface area contributed by atoms with Gasteiger partial charge in [0.1, 0.15) is 0 Å². The van der Waals surface area contributed by atoms with E-state index in [1.54, 1.807) is 0 Å². The van der Waals surface area contributed by atoms with Crippen LogP contribution in [-0.4, -0.2) is 41.3 Å². The third-order valence-corrected chi connectivity index (χ3v) is 3.23. The number of hydrogen-bond acceptors (Lipinski definition) is 3. The third-order valence-electron chi connectivity index (χ3n) is 3.23. The molecule has 0 unspecified atom stereocenters. The van der Waals surface area contributed by atoms with E-state index in [2.05, 4.69) is 18.7 Å². The first-order valence-electron chi connectivity index (χ1n) is 5.77. The summed E-state index contributed by atoms with van der Waals surface area (Å²) in [5.74, 6) is 0. The molecule has 0 amide bonds. The van der Waals surface area contributed by atoms with Crippen LogP contribution in [-0.2, 0) is 0 Å². The zero-order valence-electron chi connectivity index (χ0n) is 9.45. The molecule has 0 aromatic rings. The summed E-state index contributed by atoms with van der Waals surface area (Å²) in [7, 11) is 0. The van der Waals surface area contributed by atoms with E-state index < -0.39 is 0 Å². The minimum atomic E-state index is 0.265. The topological polar surface area (TPSA) is 49.5 Å². The Morgan fingerprint density at radius 2 is 1.86 bits per heavy atom. The molecular formula is C11H24N2O. The van der Waals surface area contributed by atoms with Crippen molar-refractivity contribution < 1.29 is 5.11 Å². The largest absolute Gasteiger partial charge is 0.395 e. The van der Waals surface area contributed by atoms with E-state index in [0.717, 1.165) is 19.4 Å². The molecule has 1 aliphatic carbocycles.